The molecule has 0 saturated heterocycles. The molecule has 13 heavy (non-hydrogen) atoms. The van der Waals surface area contributed by atoms with E-state index in [4.69, 9.17) is 21.6 Å². The van der Waals surface area contributed by atoms with E-state index >= 15 is 0 Å². The van der Waals surface area contributed by atoms with Gasteiger partial charge in [-0.25, -0.2) is 4.39 Å². The first kappa shape index (κ1) is 9.97. The van der Waals surface area contributed by atoms with Crippen LogP contribution < -0.4 is 0 Å². The number of methoxy groups -OCH3 is 1. The van der Waals surface area contributed by atoms with Crippen LogP contribution in [0.4, 0.5) is 4.39 Å². The molecule has 0 amide bonds. The Morgan fingerprint density at radius 1 is 1.62 bits per heavy atom. The van der Waals surface area contributed by atoms with Crippen molar-refractivity contribution in [2.75, 3.05) is 7.11 Å². The zero-order valence-corrected chi connectivity index (χ0v) is 7.68. The summed E-state index contributed by atoms with van der Waals surface area (Å²) in [6, 6.07) is 6.28. The highest BCUT2D eigenvalue weighted by molar-refractivity contribution is 6.30. The molecule has 1 atom stereocenters. The zero-order chi connectivity index (χ0) is 9.84. The Balaban J connectivity index is 3.15. The summed E-state index contributed by atoms with van der Waals surface area (Å²) in [6.07, 6.45) is -0.904. The molecular formula is C9H7ClFNO. The van der Waals surface area contributed by atoms with E-state index in [1.165, 1.54) is 19.2 Å². The molecule has 0 fully saturated rings. The Labute approximate surface area is 80.5 Å². The lowest BCUT2D eigenvalue weighted by Crippen LogP contribution is -2.01. The lowest BCUT2D eigenvalue weighted by Gasteiger charge is -2.08. The van der Waals surface area contributed by atoms with E-state index in [2.05, 4.69) is 0 Å². The third-order valence-corrected chi connectivity index (χ3v) is 1.91. The number of ether oxygens (including phenoxy) is 1. The quantitative estimate of drug-likeness (QED) is 0.734. The second-order valence-electron chi connectivity index (χ2n) is 2.39. The minimum atomic E-state index is -0.904. The van der Waals surface area contributed by atoms with Crippen LogP contribution in [0, 0.1) is 17.1 Å². The Hall–Kier alpha value is -1.11. The summed E-state index contributed by atoms with van der Waals surface area (Å²) in [5.74, 6) is -0.599. The first-order chi connectivity index (χ1) is 6.20. The van der Waals surface area contributed by atoms with Gasteiger partial charge in [-0.3, -0.25) is 0 Å². The second kappa shape index (κ2) is 4.22. The van der Waals surface area contributed by atoms with Crippen molar-refractivity contribution in [3.8, 4) is 6.07 Å². The highest BCUT2D eigenvalue weighted by Crippen LogP contribution is 2.24. The lowest BCUT2D eigenvalue weighted by molar-refractivity contribution is 0.145. The van der Waals surface area contributed by atoms with Crippen LogP contribution in [0.3, 0.4) is 0 Å². The van der Waals surface area contributed by atoms with Crippen LogP contribution in [-0.2, 0) is 4.74 Å². The topological polar surface area (TPSA) is 33.0 Å². The Bertz CT molecular complexity index is 348. The molecule has 0 saturated carbocycles. The highest BCUT2D eigenvalue weighted by Gasteiger charge is 2.15. The summed E-state index contributed by atoms with van der Waals surface area (Å²) in [7, 11) is 1.34. The minimum absolute atomic E-state index is 0.00481. The van der Waals surface area contributed by atoms with Gasteiger partial charge in [0.15, 0.2) is 6.10 Å². The predicted octanol–water partition coefficient (Wildman–Crippen LogP) is 2.69. The molecule has 1 aromatic rings. The average Bonchev–Trinajstić information content (AvgIpc) is 2.14. The van der Waals surface area contributed by atoms with Crippen molar-refractivity contribution in [3.63, 3.8) is 0 Å². The Kier molecular flexibility index (Phi) is 3.24. The smallest absolute Gasteiger partial charge is 0.171 e. The van der Waals surface area contributed by atoms with Gasteiger partial charge < -0.3 is 4.74 Å². The van der Waals surface area contributed by atoms with Crippen molar-refractivity contribution in [2.45, 2.75) is 6.10 Å². The van der Waals surface area contributed by atoms with Crippen molar-refractivity contribution in [1.82, 2.24) is 0 Å². The molecule has 0 spiro atoms. The zero-order valence-electron chi connectivity index (χ0n) is 6.92. The molecule has 0 aliphatic rings. The maximum absolute atomic E-state index is 13.3. The summed E-state index contributed by atoms with van der Waals surface area (Å²) >= 11 is 5.53. The fourth-order valence-corrected chi connectivity index (χ4v) is 1.15. The molecule has 0 aromatic heterocycles. The molecule has 1 rings (SSSR count). The molecule has 1 aromatic carbocycles. The molecule has 68 valence electrons. The second-order valence-corrected chi connectivity index (χ2v) is 2.80. The maximum Gasteiger partial charge on any atom is 0.171 e. The van der Waals surface area contributed by atoms with E-state index in [0.717, 1.165) is 0 Å². The number of rotatable bonds is 2. The van der Waals surface area contributed by atoms with E-state index in [-0.39, 0.29) is 10.6 Å². The molecular weight excluding hydrogens is 193 g/mol. The van der Waals surface area contributed by atoms with Gasteiger partial charge in [0, 0.05) is 12.7 Å². The molecule has 0 heterocycles. The summed E-state index contributed by atoms with van der Waals surface area (Å²) < 4.78 is 18.0. The standard InChI is InChI=1S/C9H7ClFNO/c1-13-8(5-12)6-3-2-4-7(10)9(6)11/h2-4,8H,1H3. The van der Waals surface area contributed by atoms with Gasteiger partial charge in [-0.15, -0.1) is 0 Å². The Morgan fingerprint density at radius 3 is 2.85 bits per heavy atom. The van der Waals surface area contributed by atoms with Crippen molar-refractivity contribution in [1.29, 1.82) is 5.26 Å². The molecule has 2 nitrogen and oxygen atoms in total. The molecule has 0 radical (unpaired) electrons. The summed E-state index contributed by atoms with van der Waals surface area (Å²) in [6.45, 7) is 0. The van der Waals surface area contributed by atoms with Crippen LogP contribution in [-0.4, -0.2) is 7.11 Å². The van der Waals surface area contributed by atoms with Crippen molar-refractivity contribution < 1.29 is 9.13 Å². The number of halogens is 2. The van der Waals surface area contributed by atoms with Gasteiger partial charge in [-0.05, 0) is 6.07 Å². The molecule has 0 bridgehead atoms. The minimum Gasteiger partial charge on any atom is -0.362 e. The van der Waals surface area contributed by atoms with Crippen molar-refractivity contribution in [2.24, 2.45) is 0 Å². The van der Waals surface area contributed by atoms with Crippen LogP contribution in [0.2, 0.25) is 5.02 Å². The number of benzene rings is 1. The van der Waals surface area contributed by atoms with Crippen LogP contribution in [0.25, 0.3) is 0 Å². The number of hydrogen-bond acceptors (Lipinski definition) is 2. The van der Waals surface area contributed by atoms with Crippen molar-refractivity contribution in [3.05, 3.63) is 34.6 Å². The monoisotopic (exact) mass is 199 g/mol. The van der Waals surface area contributed by atoms with Gasteiger partial charge in [-0.1, -0.05) is 23.7 Å². The number of nitrogens with zero attached hydrogens (tertiary/aromatic N) is 1. The summed E-state index contributed by atoms with van der Waals surface area (Å²) in [5, 5.41) is 8.61. The van der Waals surface area contributed by atoms with Crippen molar-refractivity contribution >= 4 is 11.6 Å². The third kappa shape index (κ3) is 1.97. The first-order valence-electron chi connectivity index (χ1n) is 3.57. The first-order valence-corrected chi connectivity index (χ1v) is 3.94. The third-order valence-electron chi connectivity index (χ3n) is 1.62. The highest BCUT2D eigenvalue weighted by atomic mass is 35.5. The molecule has 0 aliphatic heterocycles. The number of nitriles is 1. The van der Waals surface area contributed by atoms with Gasteiger partial charge in [0.25, 0.3) is 0 Å². The average molecular weight is 200 g/mol. The molecule has 0 N–H and O–H groups in total. The van der Waals surface area contributed by atoms with Gasteiger partial charge in [0.1, 0.15) is 5.82 Å². The molecule has 4 heteroatoms. The molecule has 0 aliphatic carbocycles. The lowest BCUT2D eigenvalue weighted by atomic mass is 10.1. The van der Waals surface area contributed by atoms with Gasteiger partial charge in [-0.2, -0.15) is 5.26 Å². The fraction of sp³-hybridized carbons (Fsp3) is 0.222. The SMILES string of the molecule is COC(C#N)c1cccc(Cl)c1F. The maximum atomic E-state index is 13.3. The van der Waals surface area contributed by atoms with E-state index in [1.807, 2.05) is 6.07 Å². The van der Waals surface area contributed by atoms with Gasteiger partial charge >= 0.3 is 0 Å². The van der Waals surface area contributed by atoms with Crippen LogP contribution >= 0.6 is 11.6 Å². The molecule has 1 unspecified atom stereocenters. The summed E-state index contributed by atoms with van der Waals surface area (Å²) in [4.78, 5) is 0. The normalized spacial score (nSPS) is 12.2. The van der Waals surface area contributed by atoms with E-state index in [1.54, 1.807) is 6.07 Å². The summed E-state index contributed by atoms with van der Waals surface area (Å²) in [5.41, 5.74) is 0.164. The largest absolute Gasteiger partial charge is 0.362 e. The number of hydrogen-bond donors (Lipinski definition) is 0. The Morgan fingerprint density at radius 2 is 2.31 bits per heavy atom. The van der Waals surface area contributed by atoms with E-state index < -0.39 is 11.9 Å². The van der Waals surface area contributed by atoms with Crippen LogP contribution in [0.15, 0.2) is 18.2 Å². The van der Waals surface area contributed by atoms with Crippen LogP contribution in [0.1, 0.15) is 11.7 Å². The van der Waals surface area contributed by atoms with Gasteiger partial charge in [0.2, 0.25) is 0 Å². The predicted molar refractivity (Wildman–Crippen MR) is 46.8 cm³/mol. The van der Waals surface area contributed by atoms with E-state index in [0.29, 0.717) is 0 Å². The van der Waals surface area contributed by atoms with Crippen LogP contribution in [0.5, 0.6) is 0 Å². The van der Waals surface area contributed by atoms with E-state index in [9.17, 15) is 4.39 Å². The van der Waals surface area contributed by atoms with Gasteiger partial charge in [0.05, 0.1) is 11.1 Å². The fourth-order valence-electron chi connectivity index (χ4n) is 0.972.